The van der Waals surface area contributed by atoms with Gasteiger partial charge in [-0.2, -0.15) is 0 Å². The van der Waals surface area contributed by atoms with Gasteiger partial charge in [-0.15, -0.1) is 0 Å². The van der Waals surface area contributed by atoms with Crippen LogP contribution in [0.15, 0.2) is 12.1 Å². The van der Waals surface area contributed by atoms with E-state index < -0.39 is 0 Å². The Kier molecular flexibility index (Phi) is 2.89. The molecule has 0 amide bonds. The van der Waals surface area contributed by atoms with Crippen LogP contribution < -0.4 is 10.5 Å². The van der Waals surface area contributed by atoms with Gasteiger partial charge in [0.15, 0.2) is 0 Å². The Morgan fingerprint density at radius 2 is 2.07 bits per heavy atom. The van der Waals surface area contributed by atoms with Crippen molar-refractivity contribution in [2.24, 2.45) is 5.73 Å². The molecular weight excluding hydrogens is 210 g/mol. The van der Waals surface area contributed by atoms with Crippen LogP contribution in [0.25, 0.3) is 0 Å². The Morgan fingerprint density at radius 3 is 2.73 bits per heavy atom. The van der Waals surface area contributed by atoms with Crippen LogP contribution in [-0.4, -0.2) is 7.11 Å². The van der Waals surface area contributed by atoms with E-state index in [0.717, 1.165) is 29.2 Å². The average Bonchev–Trinajstić information content (AvgIpc) is 2.23. The first-order chi connectivity index (χ1) is 7.15. The van der Waals surface area contributed by atoms with Crippen molar-refractivity contribution in [1.29, 1.82) is 0 Å². The zero-order valence-corrected chi connectivity index (χ0v) is 9.84. The summed E-state index contributed by atoms with van der Waals surface area (Å²) in [7, 11) is 1.69. The van der Waals surface area contributed by atoms with E-state index in [-0.39, 0.29) is 6.04 Å². The minimum Gasteiger partial charge on any atom is -0.496 e. The molecule has 2 nitrogen and oxygen atoms in total. The van der Waals surface area contributed by atoms with Gasteiger partial charge in [0.25, 0.3) is 0 Å². The van der Waals surface area contributed by atoms with Crippen LogP contribution in [0.4, 0.5) is 0 Å². The fraction of sp³-hybridized carbons (Fsp3) is 0.500. The summed E-state index contributed by atoms with van der Waals surface area (Å²) in [5.41, 5.74) is 8.37. The van der Waals surface area contributed by atoms with E-state index in [1.807, 2.05) is 12.1 Å². The van der Waals surface area contributed by atoms with E-state index >= 15 is 0 Å². The predicted molar refractivity (Wildman–Crippen MR) is 62.6 cm³/mol. The van der Waals surface area contributed by atoms with Crippen LogP contribution in [0.2, 0.25) is 5.02 Å². The highest BCUT2D eigenvalue weighted by atomic mass is 35.5. The number of methoxy groups -OCH3 is 1. The van der Waals surface area contributed by atoms with Crippen LogP contribution in [0.1, 0.15) is 42.9 Å². The number of fused-ring (bicyclic) bond motifs is 1. The quantitative estimate of drug-likeness (QED) is 0.797. The lowest BCUT2D eigenvalue weighted by molar-refractivity contribution is 0.395. The van der Waals surface area contributed by atoms with Gasteiger partial charge in [0.05, 0.1) is 7.11 Å². The van der Waals surface area contributed by atoms with Crippen molar-refractivity contribution in [2.45, 2.75) is 31.7 Å². The molecule has 1 aromatic carbocycles. The standard InChI is InChI=1S/C12H16ClNO/c1-7-3-5-9(14)12-8(13)4-6-10(15-2)11(7)12/h4,6-7,9H,3,5,14H2,1-2H3/t7?,9-/m0/s1. The summed E-state index contributed by atoms with van der Waals surface area (Å²) in [5.74, 6) is 1.39. The van der Waals surface area contributed by atoms with Crippen molar-refractivity contribution in [3.05, 3.63) is 28.3 Å². The second kappa shape index (κ2) is 4.03. The van der Waals surface area contributed by atoms with Gasteiger partial charge in [-0.3, -0.25) is 0 Å². The number of rotatable bonds is 1. The molecule has 0 saturated heterocycles. The largest absolute Gasteiger partial charge is 0.496 e. The Labute approximate surface area is 95.4 Å². The molecule has 0 fully saturated rings. The number of hydrogen-bond acceptors (Lipinski definition) is 2. The van der Waals surface area contributed by atoms with Crippen molar-refractivity contribution in [1.82, 2.24) is 0 Å². The molecule has 82 valence electrons. The molecule has 0 radical (unpaired) electrons. The maximum atomic E-state index is 6.20. The van der Waals surface area contributed by atoms with E-state index in [4.69, 9.17) is 22.1 Å². The average molecular weight is 226 g/mol. The summed E-state index contributed by atoms with van der Waals surface area (Å²) in [6.45, 7) is 2.20. The molecule has 0 spiro atoms. The molecule has 2 N–H and O–H groups in total. The lowest BCUT2D eigenvalue weighted by atomic mass is 9.81. The second-order valence-corrected chi connectivity index (χ2v) is 4.57. The Bertz CT molecular complexity index is 378. The second-order valence-electron chi connectivity index (χ2n) is 4.16. The van der Waals surface area contributed by atoms with Crippen LogP contribution in [0, 0.1) is 0 Å². The molecule has 2 rings (SSSR count). The van der Waals surface area contributed by atoms with Crippen LogP contribution >= 0.6 is 11.6 Å². The minimum atomic E-state index is 0.0544. The fourth-order valence-corrected chi connectivity index (χ4v) is 2.68. The fourth-order valence-electron chi connectivity index (χ4n) is 2.37. The van der Waals surface area contributed by atoms with Gasteiger partial charge in [0, 0.05) is 16.6 Å². The number of nitrogens with two attached hydrogens (primary N) is 1. The normalized spacial score (nSPS) is 24.8. The highest BCUT2D eigenvalue weighted by Crippen LogP contribution is 2.44. The molecule has 0 heterocycles. The zero-order chi connectivity index (χ0) is 11.0. The molecule has 1 aliphatic carbocycles. The molecule has 0 bridgehead atoms. The first-order valence-electron chi connectivity index (χ1n) is 5.27. The molecule has 1 aliphatic rings. The van der Waals surface area contributed by atoms with Gasteiger partial charge >= 0.3 is 0 Å². The lowest BCUT2D eigenvalue weighted by Gasteiger charge is -2.29. The van der Waals surface area contributed by atoms with Crippen LogP contribution in [-0.2, 0) is 0 Å². The maximum Gasteiger partial charge on any atom is 0.122 e. The predicted octanol–water partition coefficient (Wildman–Crippen LogP) is 3.25. The van der Waals surface area contributed by atoms with E-state index in [2.05, 4.69) is 6.92 Å². The summed E-state index contributed by atoms with van der Waals surface area (Å²) in [6.07, 6.45) is 2.10. The SMILES string of the molecule is COc1ccc(Cl)c2c1C(C)CC[C@@H]2N. The lowest BCUT2D eigenvalue weighted by Crippen LogP contribution is -2.20. The highest BCUT2D eigenvalue weighted by molar-refractivity contribution is 6.31. The van der Waals surface area contributed by atoms with Crippen LogP contribution in [0.5, 0.6) is 5.75 Å². The molecule has 1 aromatic rings. The zero-order valence-electron chi connectivity index (χ0n) is 9.09. The third-order valence-corrected chi connectivity index (χ3v) is 3.52. The summed E-state index contributed by atoms with van der Waals surface area (Å²) in [4.78, 5) is 0. The van der Waals surface area contributed by atoms with Crippen LogP contribution in [0.3, 0.4) is 0 Å². The Morgan fingerprint density at radius 1 is 1.33 bits per heavy atom. The summed E-state index contributed by atoms with van der Waals surface area (Å²) in [6, 6.07) is 3.85. The number of ether oxygens (including phenoxy) is 1. The van der Waals surface area contributed by atoms with Crippen molar-refractivity contribution in [2.75, 3.05) is 7.11 Å². The van der Waals surface area contributed by atoms with E-state index in [1.54, 1.807) is 7.11 Å². The number of halogens is 1. The molecule has 0 aliphatic heterocycles. The third kappa shape index (κ3) is 1.72. The first kappa shape index (κ1) is 10.8. The first-order valence-corrected chi connectivity index (χ1v) is 5.64. The van der Waals surface area contributed by atoms with Gasteiger partial charge in [-0.25, -0.2) is 0 Å². The molecule has 0 saturated carbocycles. The Hall–Kier alpha value is -0.730. The number of hydrogen-bond donors (Lipinski definition) is 1. The van der Waals surface area contributed by atoms with Crippen molar-refractivity contribution >= 4 is 11.6 Å². The van der Waals surface area contributed by atoms with Gasteiger partial charge in [0.1, 0.15) is 5.75 Å². The van der Waals surface area contributed by atoms with E-state index in [0.29, 0.717) is 5.92 Å². The van der Waals surface area contributed by atoms with Gasteiger partial charge in [-0.05, 0) is 36.5 Å². The molecule has 2 atom stereocenters. The summed E-state index contributed by atoms with van der Waals surface area (Å²) >= 11 is 6.20. The number of benzene rings is 1. The Balaban J connectivity index is 2.63. The maximum absolute atomic E-state index is 6.20. The van der Waals surface area contributed by atoms with Crippen molar-refractivity contribution < 1.29 is 4.74 Å². The van der Waals surface area contributed by atoms with Gasteiger partial charge in [0.2, 0.25) is 0 Å². The topological polar surface area (TPSA) is 35.2 Å². The third-order valence-electron chi connectivity index (χ3n) is 3.19. The van der Waals surface area contributed by atoms with Gasteiger partial charge in [-0.1, -0.05) is 18.5 Å². The molecule has 1 unspecified atom stereocenters. The van der Waals surface area contributed by atoms with Gasteiger partial charge < -0.3 is 10.5 Å². The van der Waals surface area contributed by atoms with Crippen molar-refractivity contribution in [3.8, 4) is 5.75 Å². The molecule has 3 heteroatoms. The molecular formula is C12H16ClNO. The molecule has 15 heavy (non-hydrogen) atoms. The monoisotopic (exact) mass is 225 g/mol. The summed E-state index contributed by atoms with van der Waals surface area (Å²) in [5, 5.41) is 0.768. The van der Waals surface area contributed by atoms with E-state index in [1.165, 1.54) is 5.56 Å². The summed E-state index contributed by atoms with van der Waals surface area (Å²) < 4.78 is 5.37. The van der Waals surface area contributed by atoms with E-state index in [9.17, 15) is 0 Å². The highest BCUT2D eigenvalue weighted by Gasteiger charge is 2.27. The smallest absolute Gasteiger partial charge is 0.122 e. The van der Waals surface area contributed by atoms with Crippen molar-refractivity contribution in [3.63, 3.8) is 0 Å². The molecule has 0 aromatic heterocycles. The minimum absolute atomic E-state index is 0.0544.